The molecule has 0 fully saturated rings. The second-order valence-corrected chi connectivity index (χ2v) is 6.83. The maximum Gasteiger partial charge on any atom is 0.460 e. The van der Waals surface area contributed by atoms with Gasteiger partial charge in [-0.3, -0.25) is 0 Å². The van der Waals surface area contributed by atoms with Crippen molar-refractivity contribution in [3.63, 3.8) is 0 Å². The van der Waals surface area contributed by atoms with Crippen molar-refractivity contribution in [2.45, 2.75) is 42.8 Å². The van der Waals surface area contributed by atoms with Gasteiger partial charge in [-0.05, 0) is 6.92 Å². The molecule has 0 saturated heterocycles. The van der Waals surface area contributed by atoms with Gasteiger partial charge in [-0.1, -0.05) is 6.92 Å². The SMILES string of the molecule is [CH2]CS(=O)(=O)N(CC)C(F)(F)C(F)(F)C(F)(F)C(F)(F)C(F)(F)C(F)(F)F. The van der Waals surface area contributed by atoms with E-state index >= 15 is 0 Å². The summed E-state index contributed by atoms with van der Waals surface area (Å²) in [6.07, 6.45) is -7.53. The van der Waals surface area contributed by atoms with Crippen LogP contribution in [-0.4, -0.2) is 60.9 Å². The zero-order valence-corrected chi connectivity index (χ0v) is 13.5. The number of rotatable bonds is 8. The van der Waals surface area contributed by atoms with Gasteiger partial charge in [0.1, 0.15) is 0 Å². The molecular weight excluding hydrogens is 445 g/mol. The van der Waals surface area contributed by atoms with Gasteiger partial charge in [0.15, 0.2) is 0 Å². The third-order valence-corrected chi connectivity index (χ3v) is 4.79. The highest BCUT2D eigenvalue weighted by Crippen LogP contribution is 2.60. The molecule has 0 amide bonds. The van der Waals surface area contributed by atoms with Gasteiger partial charge < -0.3 is 0 Å². The molecule has 0 N–H and O–H groups in total. The average Bonchev–Trinajstić information content (AvgIpc) is 2.45. The van der Waals surface area contributed by atoms with Crippen LogP contribution in [0.15, 0.2) is 0 Å². The molecule has 3 nitrogen and oxygen atoms in total. The van der Waals surface area contributed by atoms with Crippen molar-refractivity contribution in [2.24, 2.45) is 0 Å². The van der Waals surface area contributed by atoms with Gasteiger partial charge >= 0.3 is 35.9 Å². The van der Waals surface area contributed by atoms with Gasteiger partial charge in [0, 0.05) is 6.54 Å². The van der Waals surface area contributed by atoms with Crippen LogP contribution < -0.4 is 0 Å². The monoisotopic (exact) mass is 454 g/mol. The zero-order chi connectivity index (χ0) is 22.5. The highest BCUT2D eigenvalue weighted by Gasteiger charge is 2.91. The molecule has 0 saturated carbocycles. The summed E-state index contributed by atoms with van der Waals surface area (Å²) in [6.45, 7) is 1.07. The average molecular weight is 454 g/mol. The summed E-state index contributed by atoms with van der Waals surface area (Å²) in [5, 5.41) is 0. The second-order valence-electron chi connectivity index (χ2n) is 4.82. The number of hydrogen-bond donors (Lipinski definition) is 0. The van der Waals surface area contributed by atoms with Crippen LogP contribution in [0.1, 0.15) is 6.92 Å². The Bertz CT molecular complexity index is 640. The van der Waals surface area contributed by atoms with Crippen molar-refractivity contribution in [1.82, 2.24) is 4.31 Å². The summed E-state index contributed by atoms with van der Waals surface area (Å²) >= 11 is 0. The number of sulfonamides is 1. The summed E-state index contributed by atoms with van der Waals surface area (Å²) in [6, 6.07) is -6.83. The Labute approximate surface area is 143 Å². The predicted molar refractivity (Wildman–Crippen MR) is 62.3 cm³/mol. The first-order valence-electron chi connectivity index (χ1n) is 6.26. The lowest BCUT2D eigenvalue weighted by molar-refractivity contribution is -0.447. The fourth-order valence-electron chi connectivity index (χ4n) is 1.60. The Kier molecular flexibility index (Phi) is 6.55. The largest absolute Gasteiger partial charge is 0.460 e. The summed E-state index contributed by atoms with van der Waals surface area (Å²) in [5.41, 5.74) is 0. The van der Waals surface area contributed by atoms with E-state index in [1.807, 2.05) is 0 Å². The van der Waals surface area contributed by atoms with E-state index in [0.29, 0.717) is 6.92 Å². The summed E-state index contributed by atoms with van der Waals surface area (Å²) in [5.74, 6) is -33.4. The van der Waals surface area contributed by atoms with Crippen LogP contribution >= 0.6 is 0 Å². The van der Waals surface area contributed by atoms with Crippen molar-refractivity contribution in [3.8, 4) is 0 Å². The Balaban J connectivity index is 6.63. The van der Waals surface area contributed by atoms with E-state index in [9.17, 15) is 65.5 Å². The number of alkyl halides is 13. The van der Waals surface area contributed by atoms with Gasteiger partial charge in [0.25, 0.3) is 0 Å². The van der Waals surface area contributed by atoms with Crippen LogP contribution in [0, 0.1) is 6.92 Å². The van der Waals surface area contributed by atoms with E-state index in [1.165, 1.54) is 0 Å². The van der Waals surface area contributed by atoms with Crippen LogP contribution in [0.25, 0.3) is 0 Å². The van der Waals surface area contributed by atoms with Crippen molar-refractivity contribution >= 4 is 10.0 Å². The third kappa shape index (κ3) is 3.55. The van der Waals surface area contributed by atoms with E-state index in [4.69, 9.17) is 0 Å². The van der Waals surface area contributed by atoms with Gasteiger partial charge in [0.05, 0.1) is 5.75 Å². The topological polar surface area (TPSA) is 37.4 Å². The molecule has 0 aliphatic rings. The molecule has 0 unspecified atom stereocenters. The number of hydrogen-bond acceptors (Lipinski definition) is 2. The van der Waals surface area contributed by atoms with Crippen molar-refractivity contribution in [1.29, 1.82) is 0 Å². The highest BCUT2D eigenvalue weighted by molar-refractivity contribution is 7.89. The maximum absolute atomic E-state index is 13.7. The maximum atomic E-state index is 13.7. The fourth-order valence-corrected chi connectivity index (χ4v) is 2.68. The molecule has 1 radical (unpaired) electrons. The second kappa shape index (κ2) is 6.81. The van der Waals surface area contributed by atoms with Crippen molar-refractivity contribution in [2.75, 3.05) is 12.3 Å². The molecule has 17 heteroatoms. The van der Waals surface area contributed by atoms with Gasteiger partial charge in [-0.25, -0.2) is 8.42 Å². The van der Waals surface area contributed by atoms with Gasteiger partial charge in [-0.2, -0.15) is 57.1 Å². The van der Waals surface area contributed by atoms with E-state index in [-0.39, 0.29) is 0 Å². The van der Waals surface area contributed by atoms with E-state index < -0.39 is 62.5 Å². The number of halogens is 13. The van der Waals surface area contributed by atoms with Crippen LogP contribution in [0.3, 0.4) is 0 Å². The molecule has 0 aromatic rings. The van der Waals surface area contributed by atoms with Crippen LogP contribution in [0.5, 0.6) is 0 Å². The zero-order valence-electron chi connectivity index (χ0n) is 12.7. The first kappa shape index (κ1) is 26.0. The highest BCUT2D eigenvalue weighted by atomic mass is 32.2. The van der Waals surface area contributed by atoms with Gasteiger partial charge in [-0.15, -0.1) is 4.31 Å². The number of nitrogens with zero attached hydrogens (tertiary/aromatic N) is 1. The molecule has 0 aromatic heterocycles. The fraction of sp³-hybridized carbons (Fsp3) is 0.900. The van der Waals surface area contributed by atoms with Gasteiger partial charge in [0.2, 0.25) is 10.0 Å². The molecular formula is C10H9F13NO2S. The molecule has 0 heterocycles. The Morgan fingerprint density at radius 2 is 1.04 bits per heavy atom. The summed E-state index contributed by atoms with van der Waals surface area (Å²) < 4.78 is 189. The summed E-state index contributed by atoms with van der Waals surface area (Å²) in [4.78, 5) is 0. The normalized spacial score (nSPS) is 16.1. The van der Waals surface area contributed by atoms with Crippen LogP contribution in [0.2, 0.25) is 0 Å². The van der Waals surface area contributed by atoms with Crippen molar-refractivity contribution in [3.05, 3.63) is 6.92 Å². The Morgan fingerprint density at radius 1 is 0.704 bits per heavy atom. The van der Waals surface area contributed by atoms with E-state index in [2.05, 4.69) is 6.92 Å². The molecule has 0 atom stereocenters. The molecule has 0 aliphatic carbocycles. The molecule has 163 valence electrons. The lowest BCUT2D eigenvalue weighted by atomic mass is 9.96. The Hall–Kier alpha value is -1.00. The molecule has 0 rings (SSSR count). The predicted octanol–water partition coefficient (Wildman–Crippen LogP) is 4.17. The van der Waals surface area contributed by atoms with E-state index in [0.717, 1.165) is 0 Å². The quantitative estimate of drug-likeness (QED) is 0.408. The molecule has 0 spiro atoms. The molecule has 0 aliphatic heterocycles. The minimum absolute atomic E-state index is 0.345. The lowest BCUT2D eigenvalue weighted by Gasteiger charge is -2.42. The first-order valence-corrected chi connectivity index (χ1v) is 7.87. The molecule has 0 bridgehead atoms. The first-order chi connectivity index (χ1) is 11.5. The Morgan fingerprint density at radius 3 is 1.30 bits per heavy atom. The van der Waals surface area contributed by atoms with E-state index in [1.54, 1.807) is 0 Å². The lowest BCUT2D eigenvalue weighted by Crippen LogP contribution is -2.73. The molecule has 27 heavy (non-hydrogen) atoms. The molecule has 0 aromatic carbocycles. The van der Waals surface area contributed by atoms with Crippen LogP contribution in [-0.2, 0) is 10.0 Å². The minimum Gasteiger partial charge on any atom is -0.212 e. The minimum atomic E-state index is -8.08. The standard InChI is InChI=1S/C10H9F13NO2S/c1-3-24(27(25,26)4-2)10(22,23)8(17,18)6(13,14)5(11,12)7(15,16)9(19,20)21/h2-4H2,1H3. The third-order valence-electron chi connectivity index (χ3n) is 3.11. The summed E-state index contributed by atoms with van der Waals surface area (Å²) in [7, 11) is -5.62. The van der Waals surface area contributed by atoms with Crippen LogP contribution in [0.4, 0.5) is 57.1 Å². The smallest absolute Gasteiger partial charge is 0.212 e. The van der Waals surface area contributed by atoms with Crippen molar-refractivity contribution < 1.29 is 65.5 Å².